The van der Waals surface area contributed by atoms with Gasteiger partial charge >= 0.3 is 5.97 Å². The predicted octanol–water partition coefficient (Wildman–Crippen LogP) is 6.94. The Balaban J connectivity index is 1.70. The summed E-state index contributed by atoms with van der Waals surface area (Å²) in [4.78, 5) is 16.8. The Morgan fingerprint density at radius 2 is 1.60 bits per heavy atom. The molecule has 1 aliphatic carbocycles. The van der Waals surface area contributed by atoms with Crippen molar-refractivity contribution in [1.82, 2.24) is 0 Å². The molecule has 0 bridgehead atoms. The molecule has 1 unspecified atom stereocenters. The highest BCUT2D eigenvalue weighted by molar-refractivity contribution is 6.05. The van der Waals surface area contributed by atoms with Crippen molar-refractivity contribution in [3.05, 3.63) is 94.3 Å². The third-order valence-corrected chi connectivity index (χ3v) is 6.13. The van der Waals surface area contributed by atoms with E-state index in [1.807, 2.05) is 12.1 Å². The third-order valence-electron chi connectivity index (χ3n) is 6.13. The molecule has 0 N–H and O–H groups in total. The number of hydrogen-bond donors (Lipinski definition) is 0. The first kappa shape index (κ1) is 26.2. The number of ether oxygens (including phenoxy) is 1. The molecular formula is C31H34FNO2. The molecule has 4 heteroatoms. The minimum absolute atomic E-state index is 0.0355. The van der Waals surface area contributed by atoms with Gasteiger partial charge in [0.15, 0.2) is 0 Å². The summed E-state index contributed by atoms with van der Waals surface area (Å²) < 4.78 is 18.8. The van der Waals surface area contributed by atoms with Crippen molar-refractivity contribution in [2.75, 3.05) is 7.11 Å². The predicted molar refractivity (Wildman–Crippen MR) is 141 cm³/mol. The van der Waals surface area contributed by atoms with E-state index in [9.17, 15) is 9.18 Å². The Hall–Kier alpha value is -3.45. The Kier molecular flexibility index (Phi) is 10.0. The van der Waals surface area contributed by atoms with E-state index in [4.69, 9.17) is 9.73 Å². The average Bonchev–Trinajstić information content (AvgIpc) is 2.89. The molecule has 0 saturated heterocycles. The molecule has 0 amide bonds. The maximum Gasteiger partial charge on any atom is 0.337 e. The first-order valence-electron chi connectivity index (χ1n) is 12.4. The Bertz CT molecular complexity index is 1150. The molecule has 2 aromatic rings. The Morgan fingerprint density at radius 1 is 0.971 bits per heavy atom. The monoisotopic (exact) mass is 471 g/mol. The van der Waals surface area contributed by atoms with E-state index < -0.39 is 11.8 Å². The average molecular weight is 472 g/mol. The lowest BCUT2D eigenvalue weighted by Crippen LogP contribution is -2.17. The lowest BCUT2D eigenvalue weighted by molar-refractivity contribution is -0.136. The minimum atomic E-state index is -0.639. The fraction of sp³-hybridized carbons (Fsp3) is 0.355. The third kappa shape index (κ3) is 8.07. The van der Waals surface area contributed by atoms with Crippen molar-refractivity contribution in [2.24, 2.45) is 4.99 Å². The van der Waals surface area contributed by atoms with Crippen LogP contribution in [0.25, 0.3) is 0 Å². The molecule has 3 rings (SSSR count). The quantitative estimate of drug-likeness (QED) is 0.226. The van der Waals surface area contributed by atoms with Gasteiger partial charge in [-0.05, 0) is 66.8 Å². The molecule has 35 heavy (non-hydrogen) atoms. The van der Waals surface area contributed by atoms with Crippen molar-refractivity contribution >= 4 is 11.7 Å². The number of benzene rings is 2. The van der Waals surface area contributed by atoms with E-state index in [1.54, 1.807) is 6.08 Å². The molecule has 0 fully saturated rings. The summed E-state index contributed by atoms with van der Waals surface area (Å²) in [6.45, 7) is 4.32. The number of carbonyl (C=O) groups is 1. The van der Waals surface area contributed by atoms with Gasteiger partial charge in [-0.15, -0.1) is 0 Å². The summed E-state index contributed by atoms with van der Waals surface area (Å²) in [5.41, 5.74) is 5.22. The van der Waals surface area contributed by atoms with Gasteiger partial charge in [0.1, 0.15) is 5.83 Å². The maximum atomic E-state index is 14.1. The van der Waals surface area contributed by atoms with Crippen LogP contribution in [0.5, 0.6) is 0 Å². The van der Waals surface area contributed by atoms with Crippen LogP contribution in [0.1, 0.15) is 68.2 Å². The number of carbonyl (C=O) groups excluding carboxylic acids is 1. The second-order valence-corrected chi connectivity index (χ2v) is 8.80. The summed E-state index contributed by atoms with van der Waals surface area (Å²) in [7, 11) is 1.27. The molecule has 182 valence electrons. The lowest BCUT2D eigenvalue weighted by Gasteiger charge is -2.17. The smallest absolute Gasteiger partial charge is 0.337 e. The van der Waals surface area contributed by atoms with E-state index in [-0.39, 0.29) is 18.0 Å². The number of nitrogens with zero attached hydrogens (tertiary/aromatic N) is 1. The Labute approximate surface area is 208 Å². The molecule has 0 heterocycles. The van der Waals surface area contributed by atoms with Crippen LogP contribution >= 0.6 is 0 Å². The fourth-order valence-electron chi connectivity index (χ4n) is 4.02. The number of allylic oxidation sites excluding steroid dienone is 3. The maximum absolute atomic E-state index is 14.1. The number of rotatable bonds is 9. The normalized spacial score (nSPS) is 15.0. The zero-order valence-electron chi connectivity index (χ0n) is 20.9. The molecule has 2 aromatic carbocycles. The molecule has 0 saturated carbocycles. The van der Waals surface area contributed by atoms with E-state index in [1.165, 1.54) is 24.3 Å². The van der Waals surface area contributed by atoms with E-state index in [2.05, 4.69) is 62.1 Å². The standard InChI is InChI=1S/C31H34FNO2/c1-4-6-7-8-27(33-28-19-20-30(32)29(22-28)31(34)35-3)21-26-17-15-25(16-18-26)14-13-24-11-9-23(5-2)10-12-24/h9-12,15-20,27H,4-8,21-22H2,1-3H3. The molecule has 0 aliphatic heterocycles. The zero-order valence-corrected chi connectivity index (χ0v) is 20.9. The second-order valence-electron chi connectivity index (χ2n) is 8.80. The highest BCUT2D eigenvalue weighted by Gasteiger charge is 2.21. The van der Waals surface area contributed by atoms with Crippen molar-refractivity contribution in [3.8, 4) is 11.8 Å². The molecule has 0 spiro atoms. The number of esters is 1. The van der Waals surface area contributed by atoms with E-state index >= 15 is 0 Å². The van der Waals surface area contributed by atoms with Crippen molar-refractivity contribution in [1.29, 1.82) is 0 Å². The van der Waals surface area contributed by atoms with Crippen LogP contribution in [0, 0.1) is 11.8 Å². The van der Waals surface area contributed by atoms with E-state index in [0.29, 0.717) is 5.71 Å². The van der Waals surface area contributed by atoms with Gasteiger partial charge in [-0.2, -0.15) is 0 Å². The van der Waals surface area contributed by atoms with Crippen LogP contribution in [-0.4, -0.2) is 24.8 Å². The molecule has 1 atom stereocenters. The molecular weight excluding hydrogens is 437 g/mol. The summed E-state index contributed by atoms with van der Waals surface area (Å²) in [6, 6.07) is 16.7. The van der Waals surface area contributed by atoms with Crippen LogP contribution in [0.2, 0.25) is 0 Å². The van der Waals surface area contributed by atoms with Gasteiger partial charge in [-0.25, -0.2) is 9.18 Å². The largest absolute Gasteiger partial charge is 0.466 e. The van der Waals surface area contributed by atoms with Gasteiger partial charge in [-0.1, -0.05) is 69.2 Å². The van der Waals surface area contributed by atoms with Crippen molar-refractivity contribution < 1.29 is 13.9 Å². The molecule has 1 aliphatic rings. The van der Waals surface area contributed by atoms with Crippen LogP contribution in [0.4, 0.5) is 4.39 Å². The van der Waals surface area contributed by atoms with Gasteiger partial charge in [0.05, 0.1) is 18.7 Å². The number of methoxy groups -OCH3 is 1. The number of halogens is 1. The van der Waals surface area contributed by atoms with Crippen molar-refractivity contribution in [2.45, 2.75) is 64.8 Å². The highest BCUT2D eigenvalue weighted by Crippen LogP contribution is 2.22. The van der Waals surface area contributed by atoms with Gasteiger partial charge in [-0.3, -0.25) is 4.99 Å². The SMILES string of the molecule is CCCCCC(Cc1ccc(C#Cc2ccc(CC)cc2)cc1)N=C1C=CC(F)=C(C(=O)OC)C1. The number of aryl methyl sites for hydroxylation is 1. The van der Waals surface area contributed by atoms with Crippen molar-refractivity contribution in [3.63, 3.8) is 0 Å². The first-order chi connectivity index (χ1) is 17.0. The molecule has 3 nitrogen and oxygen atoms in total. The van der Waals surface area contributed by atoms with Crippen LogP contribution in [0.15, 0.2) is 77.1 Å². The summed E-state index contributed by atoms with van der Waals surface area (Å²) in [5.74, 6) is 5.29. The fourth-order valence-corrected chi connectivity index (χ4v) is 4.02. The second kappa shape index (κ2) is 13.4. The first-order valence-corrected chi connectivity index (χ1v) is 12.4. The number of hydrogen-bond acceptors (Lipinski definition) is 3. The Morgan fingerprint density at radius 3 is 2.17 bits per heavy atom. The number of unbranched alkanes of at least 4 members (excludes halogenated alkanes) is 2. The minimum Gasteiger partial charge on any atom is -0.466 e. The zero-order chi connectivity index (χ0) is 25.0. The lowest BCUT2D eigenvalue weighted by atomic mass is 9.98. The topological polar surface area (TPSA) is 38.7 Å². The van der Waals surface area contributed by atoms with Gasteiger partial charge in [0.2, 0.25) is 0 Å². The number of aliphatic imine (C=N–C) groups is 1. The van der Waals surface area contributed by atoms with Gasteiger partial charge in [0.25, 0.3) is 0 Å². The summed E-state index contributed by atoms with van der Waals surface area (Å²) in [6.07, 6.45) is 9.25. The molecule has 0 aromatic heterocycles. The van der Waals surface area contributed by atoms with Crippen LogP contribution in [0.3, 0.4) is 0 Å². The van der Waals surface area contributed by atoms with Gasteiger partial charge < -0.3 is 4.74 Å². The van der Waals surface area contributed by atoms with E-state index in [0.717, 1.165) is 49.7 Å². The van der Waals surface area contributed by atoms with Crippen LogP contribution in [-0.2, 0) is 22.4 Å². The molecule has 0 radical (unpaired) electrons. The van der Waals surface area contributed by atoms with Crippen LogP contribution < -0.4 is 0 Å². The van der Waals surface area contributed by atoms with Gasteiger partial charge in [0, 0.05) is 23.3 Å². The summed E-state index contributed by atoms with van der Waals surface area (Å²) >= 11 is 0. The highest BCUT2D eigenvalue weighted by atomic mass is 19.1. The summed E-state index contributed by atoms with van der Waals surface area (Å²) in [5, 5.41) is 0.